The smallest absolute Gasteiger partial charge is 0.241 e. The third-order valence-electron chi connectivity index (χ3n) is 3.52. The molecule has 0 heterocycles. The molecule has 0 aliphatic carbocycles. The second-order valence-electron chi connectivity index (χ2n) is 5.38. The van der Waals surface area contributed by atoms with Gasteiger partial charge in [0.2, 0.25) is 15.9 Å². The summed E-state index contributed by atoms with van der Waals surface area (Å²) in [5, 5.41) is 0. The number of ether oxygens (including phenoxy) is 1. The number of sulfonamides is 1. The zero-order chi connectivity index (χ0) is 18.4. The predicted molar refractivity (Wildman–Crippen MR) is 91.1 cm³/mol. The topological polar surface area (TPSA) is 75.7 Å². The van der Waals surface area contributed by atoms with Crippen LogP contribution in [-0.2, 0) is 21.4 Å². The van der Waals surface area contributed by atoms with E-state index >= 15 is 0 Å². The maximum absolute atomic E-state index is 13.2. The number of likely N-dealkylation sites (N-methyl/N-ethyl adjacent to an activating group) is 1. The molecule has 134 valence electrons. The van der Waals surface area contributed by atoms with Crippen LogP contribution in [0.25, 0.3) is 0 Å². The Labute approximate surface area is 146 Å². The maximum Gasteiger partial charge on any atom is 0.241 e. The quantitative estimate of drug-likeness (QED) is 0.810. The van der Waals surface area contributed by atoms with Crippen molar-refractivity contribution in [2.75, 3.05) is 20.7 Å². The second-order valence-corrected chi connectivity index (χ2v) is 7.15. The third-order valence-corrected chi connectivity index (χ3v) is 4.93. The van der Waals surface area contributed by atoms with E-state index in [-0.39, 0.29) is 18.0 Å². The van der Waals surface area contributed by atoms with Crippen LogP contribution >= 0.6 is 0 Å². The normalized spacial score (nSPS) is 11.2. The molecule has 0 unspecified atom stereocenters. The van der Waals surface area contributed by atoms with Crippen molar-refractivity contribution in [2.24, 2.45) is 0 Å². The highest BCUT2D eigenvalue weighted by atomic mass is 32.2. The highest BCUT2D eigenvalue weighted by molar-refractivity contribution is 7.89. The van der Waals surface area contributed by atoms with E-state index in [9.17, 15) is 17.6 Å². The van der Waals surface area contributed by atoms with Crippen LogP contribution in [-0.4, -0.2) is 39.9 Å². The van der Waals surface area contributed by atoms with Gasteiger partial charge in [0.1, 0.15) is 11.6 Å². The van der Waals surface area contributed by atoms with Crippen molar-refractivity contribution in [3.8, 4) is 5.75 Å². The number of hydrogen-bond donors (Lipinski definition) is 1. The van der Waals surface area contributed by atoms with Crippen LogP contribution < -0.4 is 9.46 Å². The fourth-order valence-electron chi connectivity index (χ4n) is 2.13. The Balaban J connectivity index is 1.95. The molecule has 0 atom stereocenters. The molecule has 6 nitrogen and oxygen atoms in total. The van der Waals surface area contributed by atoms with Gasteiger partial charge < -0.3 is 9.64 Å². The molecule has 2 rings (SSSR count). The summed E-state index contributed by atoms with van der Waals surface area (Å²) in [6, 6.07) is 11.7. The van der Waals surface area contributed by atoms with E-state index in [0.29, 0.717) is 11.3 Å². The Morgan fingerprint density at radius 2 is 1.88 bits per heavy atom. The van der Waals surface area contributed by atoms with E-state index in [0.717, 1.165) is 0 Å². The molecule has 0 aromatic heterocycles. The zero-order valence-corrected chi connectivity index (χ0v) is 14.7. The Morgan fingerprint density at radius 3 is 2.48 bits per heavy atom. The number of amides is 1. The monoisotopic (exact) mass is 366 g/mol. The summed E-state index contributed by atoms with van der Waals surface area (Å²) in [6.07, 6.45) is 0. The Kier molecular flexibility index (Phi) is 6.11. The average molecular weight is 366 g/mol. The first-order valence-corrected chi connectivity index (χ1v) is 8.92. The van der Waals surface area contributed by atoms with Gasteiger partial charge in [0.15, 0.2) is 0 Å². The van der Waals surface area contributed by atoms with Crippen molar-refractivity contribution in [1.82, 2.24) is 9.62 Å². The van der Waals surface area contributed by atoms with Gasteiger partial charge in [-0.15, -0.1) is 0 Å². The molecular weight excluding hydrogens is 347 g/mol. The van der Waals surface area contributed by atoms with Crippen LogP contribution in [0.3, 0.4) is 0 Å². The number of halogens is 1. The highest BCUT2D eigenvalue weighted by Gasteiger charge is 2.17. The van der Waals surface area contributed by atoms with Gasteiger partial charge in [-0.25, -0.2) is 17.5 Å². The van der Waals surface area contributed by atoms with Gasteiger partial charge in [0.05, 0.1) is 18.6 Å². The summed E-state index contributed by atoms with van der Waals surface area (Å²) < 4.78 is 44.8. The molecule has 2 aromatic rings. The van der Waals surface area contributed by atoms with E-state index in [1.807, 2.05) is 0 Å². The minimum atomic E-state index is -3.81. The number of nitrogens with one attached hydrogen (secondary N) is 1. The zero-order valence-electron chi connectivity index (χ0n) is 13.9. The van der Waals surface area contributed by atoms with E-state index in [1.165, 1.54) is 55.5 Å². The Morgan fingerprint density at radius 1 is 1.20 bits per heavy atom. The first kappa shape index (κ1) is 18.9. The number of benzene rings is 2. The van der Waals surface area contributed by atoms with Gasteiger partial charge in [-0.2, -0.15) is 0 Å². The molecule has 1 amide bonds. The lowest BCUT2D eigenvalue weighted by atomic mass is 10.2. The fraction of sp³-hybridized carbons (Fsp3) is 0.235. The van der Waals surface area contributed by atoms with Crippen molar-refractivity contribution in [3.63, 3.8) is 0 Å². The van der Waals surface area contributed by atoms with Gasteiger partial charge in [0, 0.05) is 13.6 Å². The molecule has 1 N–H and O–H groups in total. The van der Waals surface area contributed by atoms with Crippen LogP contribution in [0, 0.1) is 5.82 Å². The molecule has 0 aliphatic heterocycles. The first-order valence-electron chi connectivity index (χ1n) is 7.44. The lowest BCUT2D eigenvalue weighted by Gasteiger charge is -2.17. The van der Waals surface area contributed by atoms with Crippen LogP contribution in [0.2, 0.25) is 0 Å². The third kappa shape index (κ3) is 5.27. The highest BCUT2D eigenvalue weighted by Crippen LogP contribution is 2.15. The molecular formula is C17H19FN2O4S. The van der Waals surface area contributed by atoms with Crippen molar-refractivity contribution in [2.45, 2.75) is 11.4 Å². The molecule has 0 spiro atoms. The van der Waals surface area contributed by atoms with Gasteiger partial charge in [0.25, 0.3) is 0 Å². The van der Waals surface area contributed by atoms with Gasteiger partial charge in [-0.05, 0) is 42.0 Å². The van der Waals surface area contributed by atoms with Crippen molar-refractivity contribution in [1.29, 1.82) is 0 Å². The Hall–Kier alpha value is -2.45. The largest absolute Gasteiger partial charge is 0.497 e. The number of methoxy groups -OCH3 is 1. The van der Waals surface area contributed by atoms with Crippen LogP contribution in [0.1, 0.15) is 5.56 Å². The van der Waals surface area contributed by atoms with Gasteiger partial charge in [-0.1, -0.05) is 12.1 Å². The number of carbonyl (C=O) groups excluding carboxylic acids is 1. The summed E-state index contributed by atoms with van der Waals surface area (Å²) in [5.41, 5.74) is 0.619. The number of rotatable bonds is 7. The molecule has 0 fully saturated rings. The predicted octanol–water partition coefficient (Wildman–Crippen LogP) is 1.77. The van der Waals surface area contributed by atoms with E-state index in [4.69, 9.17) is 4.74 Å². The summed E-state index contributed by atoms with van der Waals surface area (Å²) in [7, 11) is -0.803. The second kappa shape index (κ2) is 8.09. The molecule has 0 bridgehead atoms. The van der Waals surface area contributed by atoms with E-state index < -0.39 is 21.7 Å². The summed E-state index contributed by atoms with van der Waals surface area (Å²) in [6.45, 7) is -0.207. The SMILES string of the molecule is COc1ccc(S(=O)(=O)NCC(=O)N(C)Cc2cccc(F)c2)cc1. The molecule has 0 saturated heterocycles. The lowest BCUT2D eigenvalue weighted by Crippen LogP contribution is -2.37. The molecule has 2 aromatic carbocycles. The summed E-state index contributed by atoms with van der Waals surface area (Å²) >= 11 is 0. The van der Waals surface area contributed by atoms with Crippen LogP contribution in [0.4, 0.5) is 4.39 Å². The average Bonchev–Trinajstić information content (AvgIpc) is 2.59. The minimum absolute atomic E-state index is 0.0360. The van der Waals surface area contributed by atoms with Crippen LogP contribution in [0.5, 0.6) is 5.75 Å². The molecule has 25 heavy (non-hydrogen) atoms. The minimum Gasteiger partial charge on any atom is -0.497 e. The summed E-state index contributed by atoms with van der Waals surface area (Å²) in [5.74, 6) is -0.287. The molecule has 0 aliphatic rings. The number of carbonyl (C=O) groups is 1. The van der Waals surface area contributed by atoms with Crippen molar-refractivity contribution >= 4 is 15.9 Å². The maximum atomic E-state index is 13.2. The lowest BCUT2D eigenvalue weighted by molar-refractivity contribution is -0.129. The molecule has 8 heteroatoms. The number of hydrogen-bond acceptors (Lipinski definition) is 4. The van der Waals surface area contributed by atoms with Gasteiger partial charge >= 0.3 is 0 Å². The van der Waals surface area contributed by atoms with Gasteiger partial charge in [-0.3, -0.25) is 4.79 Å². The Bertz CT molecular complexity index is 838. The van der Waals surface area contributed by atoms with Crippen molar-refractivity contribution in [3.05, 3.63) is 59.9 Å². The first-order chi connectivity index (χ1) is 11.8. The number of nitrogens with zero attached hydrogens (tertiary/aromatic N) is 1. The van der Waals surface area contributed by atoms with E-state index in [2.05, 4.69) is 4.72 Å². The molecule has 0 radical (unpaired) electrons. The van der Waals surface area contributed by atoms with Crippen LogP contribution in [0.15, 0.2) is 53.4 Å². The molecule has 0 saturated carbocycles. The van der Waals surface area contributed by atoms with Crippen molar-refractivity contribution < 1.29 is 22.3 Å². The van der Waals surface area contributed by atoms with E-state index in [1.54, 1.807) is 12.1 Å². The summed E-state index contributed by atoms with van der Waals surface area (Å²) in [4.78, 5) is 13.5. The standard InChI is InChI=1S/C17H19FN2O4S/c1-20(12-13-4-3-5-14(18)10-13)17(21)11-19-25(22,23)16-8-6-15(24-2)7-9-16/h3-10,19H,11-12H2,1-2H3. The fourth-order valence-corrected chi connectivity index (χ4v) is 3.10.